The summed E-state index contributed by atoms with van der Waals surface area (Å²) in [4.78, 5) is 13.1. The molecule has 0 amide bonds. The summed E-state index contributed by atoms with van der Waals surface area (Å²) in [5.41, 5.74) is 1.56. The van der Waals surface area contributed by atoms with Gasteiger partial charge in [-0.3, -0.25) is 9.35 Å². The Hall–Kier alpha value is -3.76. The topological polar surface area (TPSA) is 140 Å². The van der Waals surface area contributed by atoms with Crippen LogP contribution < -0.4 is 14.2 Å². The van der Waals surface area contributed by atoms with Gasteiger partial charge in [-0.1, -0.05) is 36.4 Å². The lowest BCUT2D eigenvalue weighted by atomic mass is 10.0. The van der Waals surface area contributed by atoms with E-state index < -0.39 is 15.9 Å². The first kappa shape index (κ1) is 26.8. The van der Waals surface area contributed by atoms with Crippen LogP contribution >= 0.6 is 0 Å². The highest BCUT2D eigenvalue weighted by Crippen LogP contribution is 2.36. The van der Waals surface area contributed by atoms with Crippen LogP contribution in [0, 0.1) is 0 Å². The summed E-state index contributed by atoms with van der Waals surface area (Å²) in [7, 11) is -2.67. The Bertz CT molecular complexity index is 1290. The molecule has 3 aromatic rings. The third kappa shape index (κ3) is 7.89. The SMILES string of the molecule is COc1ccc(CCC(=O)c2c(O)cc(OCCCS(=O)(=O)O)cc2OCc2ccccc2)cc1O. The van der Waals surface area contributed by atoms with E-state index in [1.165, 1.54) is 25.3 Å². The third-order valence-corrected chi connectivity index (χ3v) is 6.07. The van der Waals surface area contributed by atoms with Gasteiger partial charge >= 0.3 is 0 Å². The molecule has 3 rings (SSSR count). The molecule has 0 unspecified atom stereocenters. The first-order valence-electron chi connectivity index (χ1n) is 11.2. The smallest absolute Gasteiger partial charge is 0.264 e. The number of hydrogen-bond acceptors (Lipinski definition) is 8. The van der Waals surface area contributed by atoms with E-state index in [2.05, 4.69) is 0 Å². The Labute approximate surface area is 209 Å². The molecular weight excluding hydrogens is 488 g/mol. The van der Waals surface area contributed by atoms with Gasteiger partial charge in [0.05, 0.1) is 19.5 Å². The fraction of sp³-hybridized carbons (Fsp3) is 0.269. The number of methoxy groups -OCH3 is 1. The van der Waals surface area contributed by atoms with E-state index in [-0.39, 0.29) is 60.4 Å². The second-order valence-corrected chi connectivity index (χ2v) is 9.58. The summed E-state index contributed by atoms with van der Waals surface area (Å²) >= 11 is 0. The minimum absolute atomic E-state index is 0.00560. The molecular formula is C26H28O9S. The standard InChI is InChI=1S/C26H28O9S/c1-33-24-11-9-18(14-22(24)28)8-10-21(27)26-23(29)15-20(34-12-5-13-36(30,31)32)16-25(26)35-17-19-6-3-2-4-7-19/h2-4,6-7,9,11,14-16,28-29H,5,8,10,12-13,17H2,1H3,(H,30,31,32). The van der Waals surface area contributed by atoms with Crippen molar-refractivity contribution in [3.05, 3.63) is 77.4 Å². The fourth-order valence-corrected chi connectivity index (χ4v) is 3.98. The van der Waals surface area contributed by atoms with Gasteiger partial charge in [0, 0.05) is 18.6 Å². The highest BCUT2D eigenvalue weighted by atomic mass is 32.2. The molecule has 10 heteroatoms. The van der Waals surface area contributed by atoms with Crippen molar-refractivity contribution in [3.8, 4) is 28.7 Å². The number of aromatic hydroxyl groups is 2. The molecule has 3 N–H and O–H groups in total. The molecule has 0 radical (unpaired) electrons. The molecule has 0 atom stereocenters. The second-order valence-electron chi connectivity index (χ2n) is 8.01. The van der Waals surface area contributed by atoms with Crippen molar-refractivity contribution in [3.63, 3.8) is 0 Å². The predicted molar refractivity (Wildman–Crippen MR) is 133 cm³/mol. The quantitative estimate of drug-likeness (QED) is 0.174. The summed E-state index contributed by atoms with van der Waals surface area (Å²) in [5.74, 6) is -0.585. The number of rotatable bonds is 13. The van der Waals surface area contributed by atoms with E-state index in [1.807, 2.05) is 30.3 Å². The Morgan fingerprint density at radius 3 is 2.31 bits per heavy atom. The Balaban J connectivity index is 1.78. The van der Waals surface area contributed by atoms with Crippen molar-refractivity contribution in [1.82, 2.24) is 0 Å². The Kier molecular flexibility index (Phi) is 9.15. The molecule has 192 valence electrons. The molecule has 0 aromatic heterocycles. The number of carbonyl (C=O) groups is 1. The van der Waals surface area contributed by atoms with E-state index >= 15 is 0 Å². The molecule has 0 fully saturated rings. The molecule has 9 nitrogen and oxygen atoms in total. The molecule has 0 aliphatic heterocycles. The van der Waals surface area contributed by atoms with Gasteiger partial charge in [-0.25, -0.2) is 0 Å². The average molecular weight is 517 g/mol. The zero-order valence-electron chi connectivity index (χ0n) is 19.7. The maximum atomic E-state index is 13.1. The van der Waals surface area contributed by atoms with Crippen molar-refractivity contribution in [1.29, 1.82) is 0 Å². The molecule has 0 saturated heterocycles. The van der Waals surface area contributed by atoms with E-state index in [0.717, 1.165) is 5.56 Å². The minimum atomic E-state index is -4.11. The van der Waals surface area contributed by atoms with Crippen LogP contribution in [0.15, 0.2) is 60.7 Å². The van der Waals surface area contributed by atoms with Crippen LogP contribution in [0.4, 0.5) is 0 Å². The van der Waals surface area contributed by atoms with Crippen molar-refractivity contribution in [2.24, 2.45) is 0 Å². The van der Waals surface area contributed by atoms with Crippen LogP contribution in [-0.2, 0) is 23.1 Å². The number of Topliss-reactive ketones (excluding diaryl/α,β-unsaturated/α-hetero) is 1. The van der Waals surface area contributed by atoms with Crippen LogP contribution in [0.2, 0.25) is 0 Å². The predicted octanol–water partition coefficient (Wildman–Crippen LogP) is 4.16. The van der Waals surface area contributed by atoms with Crippen LogP contribution in [0.3, 0.4) is 0 Å². The summed E-state index contributed by atoms with van der Waals surface area (Å²) in [6.07, 6.45) is 0.382. The number of phenols is 2. The Morgan fingerprint density at radius 1 is 0.889 bits per heavy atom. The number of hydrogen-bond donors (Lipinski definition) is 3. The monoisotopic (exact) mass is 516 g/mol. The lowest BCUT2D eigenvalue weighted by Crippen LogP contribution is -2.09. The summed E-state index contributed by atoms with van der Waals surface area (Å²) < 4.78 is 47.0. The first-order chi connectivity index (χ1) is 17.2. The molecule has 0 aliphatic rings. The minimum Gasteiger partial charge on any atom is -0.507 e. The lowest BCUT2D eigenvalue weighted by molar-refractivity contribution is 0.0975. The van der Waals surface area contributed by atoms with Gasteiger partial charge in [0.1, 0.15) is 29.4 Å². The number of phenolic OH excluding ortho intramolecular Hbond substituents is 2. The third-order valence-electron chi connectivity index (χ3n) is 5.27. The van der Waals surface area contributed by atoms with Crippen molar-refractivity contribution in [2.45, 2.75) is 25.9 Å². The molecule has 0 saturated carbocycles. The molecule has 0 spiro atoms. The van der Waals surface area contributed by atoms with Gasteiger partial charge in [-0.15, -0.1) is 0 Å². The zero-order valence-corrected chi connectivity index (χ0v) is 20.5. The van der Waals surface area contributed by atoms with E-state index in [9.17, 15) is 23.4 Å². The van der Waals surface area contributed by atoms with Crippen LogP contribution in [0.1, 0.15) is 34.3 Å². The highest BCUT2D eigenvalue weighted by Gasteiger charge is 2.20. The molecule has 0 heterocycles. The Morgan fingerprint density at radius 2 is 1.64 bits per heavy atom. The number of ketones is 1. The lowest BCUT2D eigenvalue weighted by Gasteiger charge is -2.15. The molecule has 36 heavy (non-hydrogen) atoms. The summed E-state index contributed by atoms with van der Waals surface area (Å²) in [6, 6.07) is 16.8. The molecule has 3 aromatic carbocycles. The summed E-state index contributed by atoms with van der Waals surface area (Å²) in [5, 5.41) is 20.6. The van der Waals surface area contributed by atoms with E-state index in [4.69, 9.17) is 18.8 Å². The van der Waals surface area contributed by atoms with Crippen molar-refractivity contribution >= 4 is 15.9 Å². The number of ether oxygens (including phenoxy) is 3. The number of aryl methyl sites for hydroxylation is 1. The maximum Gasteiger partial charge on any atom is 0.264 e. The van der Waals surface area contributed by atoms with E-state index in [1.54, 1.807) is 12.1 Å². The number of benzene rings is 3. The molecule has 0 aliphatic carbocycles. The zero-order chi connectivity index (χ0) is 26.1. The van der Waals surface area contributed by atoms with Crippen LogP contribution in [0.25, 0.3) is 0 Å². The fourth-order valence-electron chi connectivity index (χ4n) is 3.49. The van der Waals surface area contributed by atoms with Crippen molar-refractivity contribution in [2.75, 3.05) is 19.5 Å². The maximum absolute atomic E-state index is 13.1. The number of carbonyl (C=O) groups excluding carboxylic acids is 1. The summed E-state index contributed by atoms with van der Waals surface area (Å²) in [6.45, 7) is 0.102. The highest BCUT2D eigenvalue weighted by molar-refractivity contribution is 7.85. The van der Waals surface area contributed by atoms with Gasteiger partial charge < -0.3 is 24.4 Å². The average Bonchev–Trinajstić information content (AvgIpc) is 2.84. The van der Waals surface area contributed by atoms with Gasteiger partial charge in [0.25, 0.3) is 10.1 Å². The molecule has 0 bridgehead atoms. The normalized spacial score (nSPS) is 11.2. The van der Waals surface area contributed by atoms with Gasteiger partial charge in [0.2, 0.25) is 0 Å². The first-order valence-corrected chi connectivity index (χ1v) is 12.8. The van der Waals surface area contributed by atoms with Gasteiger partial charge in [-0.05, 0) is 36.1 Å². The van der Waals surface area contributed by atoms with Gasteiger partial charge in [-0.2, -0.15) is 8.42 Å². The van der Waals surface area contributed by atoms with E-state index in [0.29, 0.717) is 17.7 Å². The van der Waals surface area contributed by atoms with Crippen molar-refractivity contribution < 1.29 is 42.2 Å². The van der Waals surface area contributed by atoms with Crippen LogP contribution in [-0.4, -0.2) is 48.4 Å². The second kappa shape index (κ2) is 12.3. The largest absolute Gasteiger partial charge is 0.507 e. The van der Waals surface area contributed by atoms with Gasteiger partial charge in [0.15, 0.2) is 17.3 Å². The van der Waals surface area contributed by atoms with Crippen LogP contribution in [0.5, 0.6) is 28.7 Å².